The van der Waals surface area contributed by atoms with E-state index in [1.807, 2.05) is 37.3 Å². The van der Waals surface area contributed by atoms with Crippen LogP contribution in [0, 0.1) is 6.92 Å². The summed E-state index contributed by atoms with van der Waals surface area (Å²) >= 11 is 1.65. The quantitative estimate of drug-likeness (QED) is 0.840. The summed E-state index contributed by atoms with van der Waals surface area (Å²) in [6, 6.07) is 9.86. The third-order valence-electron chi connectivity index (χ3n) is 4.33. The Bertz CT molecular complexity index is 707. The highest BCUT2D eigenvalue weighted by molar-refractivity contribution is 7.09. The number of morpholine rings is 1. The van der Waals surface area contributed by atoms with Crippen molar-refractivity contribution in [3.05, 3.63) is 52.0 Å². The summed E-state index contributed by atoms with van der Waals surface area (Å²) < 4.78 is 11.2. The second-order valence-corrected chi connectivity index (χ2v) is 7.46. The minimum Gasteiger partial charge on any atom is -0.445 e. The number of carbonyl (C=O) groups excluding carboxylic acids is 1. The molecule has 3 rings (SSSR count). The molecule has 140 valence electrons. The van der Waals surface area contributed by atoms with Crippen LogP contribution in [0.4, 0.5) is 4.79 Å². The van der Waals surface area contributed by atoms with Crippen molar-refractivity contribution in [1.82, 2.24) is 15.2 Å². The fourth-order valence-electron chi connectivity index (χ4n) is 2.81. The van der Waals surface area contributed by atoms with Crippen molar-refractivity contribution in [3.63, 3.8) is 0 Å². The Hall–Kier alpha value is -1.96. The molecule has 0 spiro atoms. The van der Waals surface area contributed by atoms with E-state index >= 15 is 0 Å². The molecule has 1 aliphatic heterocycles. The smallest absolute Gasteiger partial charge is 0.410 e. The Morgan fingerprint density at radius 1 is 1.46 bits per heavy atom. The summed E-state index contributed by atoms with van der Waals surface area (Å²) in [6.07, 6.45) is -0.333. The van der Waals surface area contributed by atoms with Crippen LogP contribution in [0.1, 0.15) is 29.2 Å². The lowest BCUT2D eigenvalue weighted by Crippen LogP contribution is -2.49. The average Bonchev–Trinajstić information content (AvgIpc) is 3.12. The van der Waals surface area contributed by atoms with Crippen molar-refractivity contribution in [2.75, 3.05) is 26.2 Å². The number of rotatable bonds is 6. The zero-order chi connectivity index (χ0) is 18.4. The Labute approximate surface area is 158 Å². The van der Waals surface area contributed by atoms with Crippen LogP contribution in [0.5, 0.6) is 0 Å². The van der Waals surface area contributed by atoms with Crippen LogP contribution in [-0.2, 0) is 16.1 Å². The van der Waals surface area contributed by atoms with E-state index in [-0.39, 0.29) is 18.2 Å². The van der Waals surface area contributed by atoms with Crippen molar-refractivity contribution in [2.45, 2.75) is 32.6 Å². The molecule has 2 unspecified atom stereocenters. The number of benzene rings is 1. The number of nitrogens with zero attached hydrogens (tertiary/aromatic N) is 2. The van der Waals surface area contributed by atoms with Gasteiger partial charge in [0, 0.05) is 24.5 Å². The molecule has 0 radical (unpaired) electrons. The molecular weight excluding hydrogens is 350 g/mol. The number of amides is 1. The van der Waals surface area contributed by atoms with Crippen LogP contribution in [-0.4, -0.2) is 48.3 Å². The number of nitrogens with one attached hydrogen (secondary N) is 1. The van der Waals surface area contributed by atoms with Crippen LogP contribution in [0.15, 0.2) is 35.7 Å². The number of ether oxygens (including phenoxy) is 2. The maximum Gasteiger partial charge on any atom is 0.410 e. The van der Waals surface area contributed by atoms with Crippen LogP contribution in [0.25, 0.3) is 0 Å². The molecule has 1 N–H and O–H groups in total. The summed E-state index contributed by atoms with van der Waals surface area (Å²) in [5.74, 6) is 0. The lowest BCUT2D eigenvalue weighted by Gasteiger charge is -2.32. The van der Waals surface area contributed by atoms with Gasteiger partial charge >= 0.3 is 6.09 Å². The van der Waals surface area contributed by atoms with Gasteiger partial charge in [-0.2, -0.15) is 0 Å². The van der Waals surface area contributed by atoms with Gasteiger partial charge in [0.1, 0.15) is 6.61 Å². The van der Waals surface area contributed by atoms with E-state index in [1.165, 1.54) is 0 Å². The van der Waals surface area contributed by atoms with Gasteiger partial charge in [-0.15, -0.1) is 11.3 Å². The predicted octanol–water partition coefficient (Wildman–Crippen LogP) is 3.14. The van der Waals surface area contributed by atoms with Crippen LogP contribution >= 0.6 is 11.3 Å². The molecule has 0 bridgehead atoms. The number of carbonyl (C=O) groups is 1. The van der Waals surface area contributed by atoms with E-state index < -0.39 is 0 Å². The van der Waals surface area contributed by atoms with Crippen LogP contribution in [0.3, 0.4) is 0 Å². The molecule has 2 atom stereocenters. The fraction of sp³-hybridized carbons (Fsp3) is 0.474. The van der Waals surface area contributed by atoms with Crippen molar-refractivity contribution in [3.8, 4) is 0 Å². The zero-order valence-electron chi connectivity index (χ0n) is 15.2. The molecule has 1 aliphatic rings. The summed E-state index contributed by atoms with van der Waals surface area (Å²) in [4.78, 5) is 18.5. The largest absolute Gasteiger partial charge is 0.445 e. The number of hydrogen-bond donors (Lipinski definition) is 1. The van der Waals surface area contributed by atoms with Gasteiger partial charge in [-0.05, 0) is 19.4 Å². The highest BCUT2D eigenvalue weighted by Gasteiger charge is 2.25. The molecule has 6 nitrogen and oxygen atoms in total. The zero-order valence-corrected chi connectivity index (χ0v) is 16.0. The summed E-state index contributed by atoms with van der Waals surface area (Å²) in [6.45, 7) is 6.67. The Morgan fingerprint density at radius 3 is 3.00 bits per heavy atom. The Balaban J connectivity index is 1.43. The number of hydrogen-bond acceptors (Lipinski definition) is 6. The SMILES string of the molecule is Cc1nc(C(C)NCC2CN(C(=O)OCc3ccccc3)CCO2)cs1. The second kappa shape index (κ2) is 9.12. The van der Waals surface area contributed by atoms with E-state index in [0.717, 1.165) is 16.3 Å². The molecular formula is C19H25N3O3S. The van der Waals surface area contributed by atoms with Gasteiger partial charge in [-0.3, -0.25) is 0 Å². The molecule has 1 aromatic carbocycles. The molecule has 1 saturated heterocycles. The highest BCUT2D eigenvalue weighted by atomic mass is 32.1. The molecule has 1 amide bonds. The predicted molar refractivity (Wildman–Crippen MR) is 101 cm³/mol. The van der Waals surface area contributed by atoms with E-state index in [0.29, 0.717) is 32.8 Å². The monoisotopic (exact) mass is 375 g/mol. The Morgan fingerprint density at radius 2 is 2.27 bits per heavy atom. The van der Waals surface area contributed by atoms with Crippen molar-refractivity contribution >= 4 is 17.4 Å². The third kappa shape index (κ3) is 5.27. The average molecular weight is 375 g/mol. The van der Waals surface area contributed by atoms with E-state index in [2.05, 4.69) is 22.6 Å². The van der Waals surface area contributed by atoms with Gasteiger partial charge in [0.15, 0.2) is 0 Å². The standard InChI is InChI=1S/C19H25N3O3S/c1-14(18-13-26-15(2)21-18)20-10-17-11-22(8-9-24-17)19(23)25-12-16-6-4-3-5-7-16/h3-7,13-14,17,20H,8-12H2,1-2H3. The summed E-state index contributed by atoms with van der Waals surface area (Å²) in [7, 11) is 0. The lowest BCUT2D eigenvalue weighted by atomic mass is 10.2. The van der Waals surface area contributed by atoms with Crippen molar-refractivity contribution in [1.29, 1.82) is 0 Å². The van der Waals surface area contributed by atoms with Gasteiger partial charge in [0.25, 0.3) is 0 Å². The first-order chi connectivity index (χ1) is 12.6. The third-order valence-corrected chi connectivity index (χ3v) is 5.13. The van der Waals surface area contributed by atoms with E-state index in [9.17, 15) is 4.79 Å². The number of aromatic nitrogens is 1. The summed E-state index contributed by atoms with van der Waals surface area (Å²) in [5, 5.41) is 6.58. The first-order valence-electron chi connectivity index (χ1n) is 8.84. The number of thiazole rings is 1. The van der Waals surface area contributed by atoms with Gasteiger partial charge in [-0.25, -0.2) is 9.78 Å². The molecule has 0 aliphatic carbocycles. The maximum absolute atomic E-state index is 12.3. The van der Waals surface area contributed by atoms with E-state index in [4.69, 9.17) is 9.47 Å². The van der Waals surface area contributed by atoms with Crippen LogP contribution in [0.2, 0.25) is 0 Å². The molecule has 26 heavy (non-hydrogen) atoms. The molecule has 2 heterocycles. The molecule has 1 aromatic heterocycles. The number of aryl methyl sites for hydroxylation is 1. The molecule has 2 aromatic rings. The van der Waals surface area contributed by atoms with Gasteiger partial charge in [0.2, 0.25) is 0 Å². The van der Waals surface area contributed by atoms with Crippen LogP contribution < -0.4 is 5.32 Å². The Kier molecular flexibility index (Phi) is 6.60. The molecule has 1 fully saturated rings. The van der Waals surface area contributed by atoms with Gasteiger partial charge in [0.05, 0.1) is 30.0 Å². The normalized spacial score (nSPS) is 18.5. The first kappa shape index (κ1) is 18.8. The minimum absolute atomic E-state index is 0.0461. The summed E-state index contributed by atoms with van der Waals surface area (Å²) in [5.41, 5.74) is 2.03. The second-order valence-electron chi connectivity index (χ2n) is 6.40. The fourth-order valence-corrected chi connectivity index (χ4v) is 3.52. The maximum atomic E-state index is 12.3. The topological polar surface area (TPSA) is 63.7 Å². The van der Waals surface area contributed by atoms with Gasteiger partial charge in [-0.1, -0.05) is 30.3 Å². The van der Waals surface area contributed by atoms with Gasteiger partial charge < -0.3 is 19.7 Å². The van der Waals surface area contributed by atoms with Crippen molar-refractivity contribution < 1.29 is 14.3 Å². The van der Waals surface area contributed by atoms with Crippen molar-refractivity contribution in [2.24, 2.45) is 0 Å². The highest BCUT2D eigenvalue weighted by Crippen LogP contribution is 2.16. The van der Waals surface area contributed by atoms with E-state index in [1.54, 1.807) is 16.2 Å². The first-order valence-corrected chi connectivity index (χ1v) is 9.72. The molecule has 7 heteroatoms. The molecule has 0 saturated carbocycles. The lowest BCUT2D eigenvalue weighted by molar-refractivity contribution is -0.0278. The minimum atomic E-state index is -0.287.